The topological polar surface area (TPSA) is 52.3 Å². The summed E-state index contributed by atoms with van der Waals surface area (Å²) in [5.41, 5.74) is 3.99. The minimum atomic E-state index is -0.342. The van der Waals surface area contributed by atoms with Gasteiger partial charge in [0.2, 0.25) is 0 Å². The number of fused-ring (bicyclic) bond motifs is 1. The molecular formula is C19H15NO3S2. The van der Waals surface area contributed by atoms with Gasteiger partial charge in [0.25, 0.3) is 0 Å². The Morgan fingerprint density at radius 1 is 1.20 bits per heavy atom. The van der Waals surface area contributed by atoms with E-state index in [1.165, 1.54) is 6.07 Å². The maximum atomic E-state index is 11.6. The molecule has 0 aliphatic rings. The van der Waals surface area contributed by atoms with Crippen LogP contribution in [0.4, 0.5) is 0 Å². The van der Waals surface area contributed by atoms with Gasteiger partial charge in [-0.25, -0.2) is 9.78 Å². The third-order valence-electron chi connectivity index (χ3n) is 4.01. The first-order valence-electron chi connectivity index (χ1n) is 7.75. The zero-order chi connectivity index (χ0) is 17.4. The van der Waals surface area contributed by atoms with Crippen molar-refractivity contribution < 1.29 is 9.15 Å². The Labute approximate surface area is 152 Å². The average molecular weight is 369 g/mol. The first-order valence-corrected chi connectivity index (χ1v) is 9.58. The van der Waals surface area contributed by atoms with E-state index in [0.29, 0.717) is 17.9 Å². The molecule has 4 rings (SSSR count). The van der Waals surface area contributed by atoms with E-state index in [1.54, 1.807) is 22.7 Å². The molecule has 25 heavy (non-hydrogen) atoms. The molecule has 4 nitrogen and oxygen atoms in total. The predicted molar refractivity (Wildman–Crippen MR) is 102 cm³/mol. The van der Waals surface area contributed by atoms with Gasteiger partial charge in [0.1, 0.15) is 22.9 Å². The number of thiophene rings is 1. The quantitative estimate of drug-likeness (QED) is 0.466. The van der Waals surface area contributed by atoms with Crippen molar-refractivity contribution in [3.05, 3.63) is 67.6 Å². The predicted octanol–water partition coefficient (Wildman–Crippen LogP) is 5.17. The Kier molecular flexibility index (Phi) is 4.15. The number of thiazole rings is 1. The van der Waals surface area contributed by atoms with Gasteiger partial charge in [0.15, 0.2) is 0 Å². The molecule has 126 valence electrons. The van der Waals surface area contributed by atoms with E-state index in [4.69, 9.17) is 9.15 Å². The molecule has 0 aliphatic carbocycles. The summed E-state index contributed by atoms with van der Waals surface area (Å²) in [5.74, 6) is 0.700. The summed E-state index contributed by atoms with van der Waals surface area (Å²) >= 11 is 3.27. The molecule has 0 bridgehead atoms. The van der Waals surface area contributed by atoms with Crippen molar-refractivity contribution in [3.8, 4) is 16.3 Å². The summed E-state index contributed by atoms with van der Waals surface area (Å²) in [5, 5.41) is 8.06. The van der Waals surface area contributed by atoms with E-state index >= 15 is 0 Å². The van der Waals surface area contributed by atoms with E-state index in [1.807, 2.05) is 36.7 Å². The minimum Gasteiger partial charge on any atom is -0.487 e. The first kappa shape index (κ1) is 16.1. The fraction of sp³-hybridized carbons (Fsp3) is 0.158. The van der Waals surface area contributed by atoms with Gasteiger partial charge < -0.3 is 9.15 Å². The molecule has 0 saturated carbocycles. The SMILES string of the molecule is Cc1cc(=O)oc2c(C)c(OCc3csc(-c4ccsc4)n3)ccc12. The number of hydrogen-bond acceptors (Lipinski definition) is 6. The van der Waals surface area contributed by atoms with Crippen LogP contribution in [-0.4, -0.2) is 4.98 Å². The highest BCUT2D eigenvalue weighted by Gasteiger charge is 2.11. The van der Waals surface area contributed by atoms with E-state index in [2.05, 4.69) is 16.4 Å². The van der Waals surface area contributed by atoms with Crippen LogP contribution in [0.1, 0.15) is 16.8 Å². The van der Waals surface area contributed by atoms with Crippen LogP contribution in [0.15, 0.2) is 49.6 Å². The van der Waals surface area contributed by atoms with E-state index in [-0.39, 0.29) is 5.63 Å². The zero-order valence-electron chi connectivity index (χ0n) is 13.7. The molecule has 0 saturated heterocycles. The smallest absolute Gasteiger partial charge is 0.336 e. The van der Waals surface area contributed by atoms with Crippen LogP contribution in [-0.2, 0) is 6.61 Å². The molecule has 0 N–H and O–H groups in total. The van der Waals surface area contributed by atoms with Gasteiger partial charge >= 0.3 is 5.63 Å². The van der Waals surface area contributed by atoms with Gasteiger partial charge in [-0.3, -0.25) is 0 Å². The summed E-state index contributed by atoms with van der Waals surface area (Å²) < 4.78 is 11.3. The number of benzene rings is 1. The summed E-state index contributed by atoms with van der Waals surface area (Å²) in [4.78, 5) is 16.3. The number of nitrogens with zero attached hydrogens (tertiary/aromatic N) is 1. The lowest BCUT2D eigenvalue weighted by atomic mass is 10.1. The maximum Gasteiger partial charge on any atom is 0.336 e. The van der Waals surface area contributed by atoms with Crippen molar-refractivity contribution in [2.45, 2.75) is 20.5 Å². The normalized spacial score (nSPS) is 11.1. The lowest BCUT2D eigenvalue weighted by Gasteiger charge is -2.10. The Morgan fingerprint density at radius 3 is 2.88 bits per heavy atom. The van der Waals surface area contributed by atoms with Crippen molar-refractivity contribution in [1.82, 2.24) is 4.98 Å². The number of ether oxygens (including phenoxy) is 1. The molecule has 0 unspecified atom stereocenters. The van der Waals surface area contributed by atoms with Crippen molar-refractivity contribution >= 4 is 33.6 Å². The van der Waals surface area contributed by atoms with E-state index in [0.717, 1.165) is 32.8 Å². The van der Waals surface area contributed by atoms with Crippen LogP contribution in [0.3, 0.4) is 0 Å². The number of hydrogen-bond donors (Lipinski definition) is 0. The minimum absolute atomic E-state index is 0.342. The van der Waals surface area contributed by atoms with Gasteiger partial charge in [-0.05, 0) is 43.0 Å². The Hall–Kier alpha value is -2.44. The summed E-state index contributed by atoms with van der Waals surface area (Å²) in [6, 6.07) is 7.40. The second-order valence-corrected chi connectivity index (χ2v) is 7.40. The Bertz CT molecular complexity index is 1090. The summed E-state index contributed by atoms with van der Waals surface area (Å²) in [7, 11) is 0. The lowest BCUT2D eigenvalue weighted by molar-refractivity contribution is 0.300. The van der Waals surface area contributed by atoms with Crippen LogP contribution >= 0.6 is 22.7 Å². The van der Waals surface area contributed by atoms with Gasteiger partial charge in [-0.2, -0.15) is 11.3 Å². The molecular weight excluding hydrogens is 354 g/mol. The second-order valence-electron chi connectivity index (χ2n) is 5.76. The van der Waals surface area contributed by atoms with Crippen LogP contribution in [0.2, 0.25) is 0 Å². The van der Waals surface area contributed by atoms with Crippen molar-refractivity contribution in [3.63, 3.8) is 0 Å². The lowest BCUT2D eigenvalue weighted by Crippen LogP contribution is -2.01. The van der Waals surface area contributed by atoms with Crippen LogP contribution < -0.4 is 10.4 Å². The molecule has 0 amide bonds. The summed E-state index contributed by atoms with van der Waals surface area (Å²) in [6.07, 6.45) is 0. The van der Waals surface area contributed by atoms with Crippen molar-refractivity contribution in [2.75, 3.05) is 0 Å². The van der Waals surface area contributed by atoms with E-state index in [9.17, 15) is 4.79 Å². The highest BCUT2D eigenvalue weighted by atomic mass is 32.1. The fourth-order valence-corrected chi connectivity index (χ4v) is 4.22. The van der Waals surface area contributed by atoms with Gasteiger partial charge in [0.05, 0.1) is 5.69 Å². The molecule has 0 atom stereocenters. The van der Waals surface area contributed by atoms with Gasteiger partial charge in [-0.1, -0.05) is 0 Å². The largest absolute Gasteiger partial charge is 0.487 e. The van der Waals surface area contributed by atoms with Crippen molar-refractivity contribution in [1.29, 1.82) is 0 Å². The third-order valence-corrected chi connectivity index (χ3v) is 5.64. The molecule has 0 fully saturated rings. The molecule has 3 aromatic heterocycles. The van der Waals surface area contributed by atoms with Gasteiger partial charge in [0, 0.05) is 33.3 Å². The molecule has 3 heterocycles. The Morgan fingerprint density at radius 2 is 2.08 bits per heavy atom. The van der Waals surface area contributed by atoms with Crippen LogP contribution in [0.5, 0.6) is 5.75 Å². The average Bonchev–Trinajstić information content (AvgIpc) is 3.26. The summed E-state index contributed by atoms with van der Waals surface area (Å²) in [6.45, 7) is 4.18. The van der Waals surface area contributed by atoms with E-state index < -0.39 is 0 Å². The Balaban J connectivity index is 1.59. The molecule has 0 radical (unpaired) electrons. The number of aromatic nitrogens is 1. The number of aryl methyl sites for hydroxylation is 2. The standard InChI is InChI=1S/C19H15NO3S2/c1-11-7-17(21)23-18-12(2)16(4-3-15(11)18)22-8-14-10-25-19(20-14)13-5-6-24-9-13/h3-7,9-10H,8H2,1-2H3. The second kappa shape index (κ2) is 6.46. The third kappa shape index (κ3) is 3.10. The van der Waals surface area contributed by atoms with Crippen LogP contribution in [0, 0.1) is 13.8 Å². The highest BCUT2D eigenvalue weighted by molar-refractivity contribution is 7.14. The zero-order valence-corrected chi connectivity index (χ0v) is 15.4. The fourth-order valence-electron chi connectivity index (χ4n) is 2.70. The van der Waals surface area contributed by atoms with Crippen LogP contribution in [0.25, 0.3) is 21.5 Å². The maximum absolute atomic E-state index is 11.6. The molecule has 0 spiro atoms. The molecule has 0 aliphatic heterocycles. The van der Waals surface area contributed by atoms with Gasteiger partial charge in [-0.15, -0.1) is 11.3 Å². The molecule has 1 aromatic carbocycles. The van der Waals surface area contributed by atoms with Crippen molar-refractivity contribution in [2.24, 2.45) is 0 Å². The number of rotatable bonds is 4. The molecule has 4 aromatic rings. The highest BCUT2D eigenvalue weighted by Crippen LogP contribution is 2.30. The first-order chi connectivity index (χ1) is 12.1. The molecule has 6 heteroatoms. The monoisotopic (exact) mass is 369 g/mol.